The maximum Gasteiger partial charge on any atom is 0.306 e. The summed E-state index contributed by atoms with van der Waals surface area (Å²) in [7, 11) is 0. The van der Waals surface area contributed by atoms with E-state index in [0.717, 1.165) is 19.3 Å². The molecule has 0 amide bonds. The summed E-state index contributed by atoms with van der Waals surface area (Å²) in [5.41, 5.74) is 0. The predicted octanol–water partition coefficient (Wildman–Crippen LogP) is 3.56. The summed E-state index contributed by atoms with van der Waals surface area (Å²) >= 11 is 0. The zero-order valence-corrected chi connectivity index (χ0v) is 33.0. The van der Waals surface area contributed by atoms with Crippen LogP contribution in [0.25, 0.3) is 0 Å². The normalized spacial score (nSPS) is 29.5. The fourth-order valence-electron chi connectivity index (χ4n) is 6.55. The van der Waals surface area contributed by atoms with Crippen molar-refractivity contribution in [2.45, 2.75) is 203 Å². The smallest absolute Gasteiger partial charge is 0.306 e. The molecule has 54 heavy (non-hydrogen) atoms. The summed E-state index contributed by atoms with van der Waals surface area (Å²) in [6.07, 6.45) is 10.5. The first-order valence-electron chi connectivity index (χ1n) is 20.8. The molecule has 2 heterocycles. The number of carbonyl (C=O) groups excluding carboxylic acids is 1. The quantitative estimate of drug-likeness (QED) is 0.0305. The molecule has 2 saturated heterocycles. The third-order valence-corrected chi connectivity index (χ3v) is 9.99. The van der Waals surface area contributed by atoms with Crippen LogP contribution < -0.4 is 0 Å². The van der Waals surface area contributed by atoms with Gasteiger partial charge in [-0.15, -0.1) is 0 Å². The zero-order valence-electron chi connectivity index (χ0n) is 33.0. The van der Waals surface area contributed by atoms with E-state index in [4.69, 9.17) is 28.4 Å². The molecule has 0 aliphatic carbocycles. The number of ether oxygens (including phenoxy) is 6. The van der Waals surface area contributed by atoms with E-state index >= 15 is 0 Å². The van der Waals surface area contributed by atoms with Gasteiger partial charge < -0.3 is 64.2 Å². The second kappa shape index (κ2) is 29.9. The van der Waals surface area contributed by atoms with Crippen molar-refractivity contribution in [2.24, 2.45) is 0 Å². The monoisotopic (exact) mass is 779 g/mol. The van der Waals surface area contributed by atoms with Gasteiger partial charge in [-0.2, -0.15) is 0 Å². The van der Waals surface area contributed by atoms with Crippen molar-refractivity contribution < 1.29 is 69.0 Å². The van der Waals surface area contributed by atoms with Crippen molar-refractivity contribution in [2.75, 3.05) is 33.0 Å². The average Bonchev–Trinajstić information content (AvgIpc) is 3.16. The number of hydrogen-bond acceptors (Lipinski definition) is 14. The van der Waals surface area contributed by atoms with Crippen molar-refractivity contribution in [1.29, 1.82) is 0 Å². The lowest BCUT2D eigenvalue weighted by atomic mass is 9.98. The first-order valence-corrected chi connectivity index (χ1v) is 20.8. The van der Waals surface area contributed by atoms with Crippen molar-refractivity contribution in [3.05, 3.63) is 12.2 Å². The third-order valence-electron chi connectivity index (χ3n) is 9.99. The van der Waals surface area contributed by atoms with Crippen molar-refractivity contribution in [1.82, 2.24) is 0 Å². The number of esters is 1. The van der Waals surface area contributed by atoms with Crippen LogP contribution in [0.5, 0.6) is 0 Å². The predicted molar refractivity (Wildman–Crippen MR) is 201 cm³/mol. The van der Waals surface area contributed by atoms with Gasteiger partial charge in [0.05, 0.1) is 26.4 Å². The second-order valence-electron chi connectivity index (χ2n) is 14.8. The maximum absolute atomic E-state index is 12.3. The number of hydrogen-bond donors (Lipinski definition) is 7. The molecule has 14 nitrogen and oxygen atoms in total. The molecule has 14 heteroatoms. The van der Waals surface area contributed by atoms with E-state index < -0.39 is 86.7 Å². The Hall–Kier alpha value is -1.27. The van der Waals surface area contributed by atoms with Crippen molar-refractivity contribution in [3.8, 4) is 0 Å². The average molecular weight is 779 g/mol. The molecule has 11 unspecified atom stereocenters. The molecule has 0 saturated carbocycles. The van der Waals surface area contributed by atoms with Gasteiger partial charge in [-0.3, -0.25) is 4.79 Å². The molecule has 0 aromatic carbocycles. The Labute approximate surface area is 323 Å². The van der Waals surface area contributed by atoms with Gasteiger partial charge in [-0.1, -0.05) is 103 Å². The van der Waals surface area contributed by atoms with Gasteiger partial charge in [0.1, 0.15) is 54.9 Å². The summed E-state index contributed by atoms with van der Waals surface area (Å²) in [5, 5.41) is 71.2. The molecule has 11 atom stereocenters. The molecule has 0 aromatic rings. The van der Waals surface area contributed by atoms with Gasteiger partial charge in [0.25, 0.3) is 0 Å². The molecular formula is C40H74O14. The topological polar surface area (TPSA) is 214 Å². The number of carbonyl (C=O) groups is 1. The van der Waals surface area contributed by atoms with Gasteiger partial charge in [-0.05, 0) is 38.5 Å². The van der Waals surface area contributed by atoms with E-state index in [1.54, 1.807) is 0 Å². The van der Waals surface area contributed by atoms with Crippen LogP contribution in [-0.2, 0) is 33.2 Å². The van der Waals surface area contributed by atoms with Crippen LogP contribution in [0.3, 0.4) is 0 Å². The molecule has 0 radical (unpaired) electrons. The second-order valence-corrected chi connectivity index (χ2v) is 14.8. The van der Waals surface area contributed by atoms with Crippen molar-refractivity contribution >= 4 is 5.97 Å². The Bertz CT molecular complexity index is 954. The summed E-state index contributed by atoms with van der Waals surface area (Å²) in [5.74, 6) is -0.430. The Morgan fingerprint density at radius 2 is 1.09 bits per heavy atom. The largest absolute Gasteiger partial charge is 0.457 e. The number of unbranched alkanes of at least 4 members (excludes halogenated alkanes) is 15. The van der Waals surface area contributed by atoms with E-state index in [-0.39, 0.29) is 19.6 Å². The number of rotatable bonds is 31. The Kier molecular flexibility index (Phi) is 27.1. The lowest BCUT2D eigenvalue weighted by Gasteiger charge is -2.42. The first kappa shape index (κ1) is 48.9. The SMILES string of the molecule is CCCCCCCCC/C=C\CCCCCCCCCCOCC(COC1OC(COC2OC(CO)C(O)C(O)C2O)C(O)C(O)C1O)OC(=O)CCC. The van der Waals surface area contributed by atoms with E-state index in [9.17, 15) is 40.5 Å². The summed E-state index contributed by atoms with van der Waals surface area (Å²) < 4.78 is 33.5. The molecule has 0 aromatic heterocycles. The van der Waals surface area contributed by atoms with Crippen LogP contribution in [0.15, 0.2) is 12.2 Å². The van der Waals surface area contributed by atoms with Crippen LogP contribution in [0, 0.1) is 0 Å². The fraction of sp³-hybridized carbons (Fsp3) is 0.925. The zero-order chi connectivity index (χ0) is 39.6. The minimum Gasteiger partial charge on any atom is -0.457 e. The van der Waals surface area contributed by atoms with Crippen LogP contribution >= 0.6 is 0 Å². The number of allylic oxidation sites excluding steroid dienone is 2. The summed E-state index contributed by atoms with van der Waals surface area (Å²) in [6.45, 7) is 3.29. The van der Waals surface area contributed by atoms with Gasteiger partial charge in [0.2, 0.25) is 0 Å². The van der Waals surface area contributed by atoms with E-state index in [0.29, 0.717) is 13.0 Å². The molecule has 2 aliphatic rings. The number of aliphatic hydroxyl groups is 7. The third kappa shape index (κ3) is 19.3. The lowest BCUT2D eigenvalue weighted by Crippen LogP contribution is -2.61. The van der Waals surface area contributed by atoms with Crippen LogP contribution in [-0.4, -0.2) is 142 Å². The van der Waals surface area contributed by atoms with Crippen LogP contribution in [0.4, 0.5) is 0 Å². The van der Waals surface area contributed by atoms with Gasteiger partial charge in [-0.25, -0.2) is 0 Å². The van der Waals surface area contributed by atoms with Gasteiger partial charge >= 0.3 is 5.97 Å². The maximum atomic E-state index is 12.3. The molecule has 2 aliphatic heterocycles. The first-order chi connectivity index (χ1) is 26.1. The molecule has 318 valence electrons. The van der Waals surface area contributed by atoms with Crippen LogP contribution in [0.2, 0.25) is 0 Å². The molecular weight excluding hydrogens is 704 g/mol. The molecule has 7 N–H and O–H groups in total. The highest BCUT2D eigenvalue weighted by Gasteiger charge is 2.47. The van der Waals surface area contributed by atoms with E-state index in [2.05, 4.69) is 19.1 Å². The van der Waals surface area contributed by atoms with E-state index in [1.807, 2.05) is 6.92 Å². The Morgan fingerprint density at radius 1 is 0.593 bits per heavy atom. The Balaban J connectivity index is 1.64. The minimum absolute atomic E-state index is 0.0561. The number of aliphatic hydroxyl groups excluding tert-OH is 7. The summed E-state index contributed by atoms with van der Waals surface area (Å²) in [4.78, 5) is 12.3. The lowest BCUT2D eigenvalue weighted by molar-refractivity contribution is -0.332. The van der Waals surface area contributed by atoms with Crippen LogP contribution in [0.1, 0.15) is 136 Å². The highest BCUT2D eigenvalue weighted by atomic mass is 16.7. The standard InChI is InChI=1S/C40H74O14/c1-3-5-6-7-8-9-10-11-12-13-14-15-16-17-18-19-20-21-22-24-49-26-29(52-32(42)23-4-2)27-50-39-38(48)36(46)34(44)31(54-39)28-51-40-37(47)35(45)33(43)30(25-41)53-40/h12-13,29-31,33-41,43-48H,3-11,14-28H2,1-2H3/b13-12-. The molecule has 0 spiro atoms. The molecule has 2 fully saturated rings. The fourth-order valence-corrected chi connectivity index (χ4v) is 6.55. The van der Waals surface area contributed by atoms with Gasteiger partial charge in [0.15, 0.2) is 12.6 Å². The highest BCUT2D eigenvalue weighted by molar-refractivity contribution is 5.69. The van der Waals surface area contributed by atoms with Gasteiger partial charge in [0, 0.05) is 13.0 Å². The highest BCUT2D eigenvalue weighted by Crippen LogP contribution is 2.26. The Morgan fingerprint density at radius 3 is 1.65 bits per heavy atom. The van der Waals surface area contributed by atoms with E-state index in [1.165, 1.54) is 89.9 Å². The molecule has 2 rings (SSSR count). The molecule has 0 bridgehead atoms. The summed E-state index contributed by atoms with van der Waals surface area (Å²) in [6, 6.07) is 0. The van der Waals surface area contributed by atoms with Crippen molar-refractivity contribution in [3.63, 3.8) is 0 Å². The minimum atomic E-state index is -1.70.